The fraction of sp³-hybridized carbons (Fsp3) is 0.0741. The summed E-state index contributed by atoms with van der Waals surface area (Å²) in [6.45, 7) is 2.04. The number of nitrogens with zero attached hydrogens (tertiary/aromatic N) is 5. The van der Waals surface area contributed by atoms with Crippen molar-refractivity contribution >= 4 is 49.6 Å². The van der Waals surface area contributed by atoms with Gasteiger partial charge in [-0.2, -0.15) is 0 Å². The molecule has 0 saturated heterocycles. The number of fused-ring (bicyclic) bond motifs is 2. The van der Waals surface area contributed by atoms with Crippen molar-refractivity contribution in [2.75, 3.05) is 11.1 Å². The zero-order valence-corrected chi connectivity index (χ0v) is 20.2. The van der Waals surface area contributed by atoms with E-state index < -0.39 is 0 Å². The van der Waals surface area contributed by atoms with E-state index in [-0.39, 0.29) is 12.3 Å². The molecule has 0 atom stereocenters. The molecule has 9 heteroatoms. The third-order valence-electron chi connectivity index (χ3n) is 5.84. The Hall–Kier alpha value is -4.63. The Bertz CT molecular complexity index is 1740. The molecule has 0 aliphatic carbocycles. The second kappa shape index (κ2) is 8.86. The van der Waals surface area contributed by atoms with Crippen LogP contribution in [0.1, 0.15) is 11.1 Å². The molecule has 0 aliphatic rings. The van der Waals surface area contributed by atoms with Gasteiger partial charge in [-0.25, -0.2) is 19.9 Å². The first kappa shape index (κ1) is 21.9. The van der Waals surface area contributed by atoms with Gasteiger partial charge in [-0.05, 0) is 66.6 Å². The summed E-state index contributed by atoms with van der Waals surface area (Å²) in [5, 5.41) is 3.53. The largest absolute Gasteiger partial charge is 0.383 e. The van der Waals surface area contributed by atoms with Crippen molar-refractivity contribution in [3.8, 4) is 17.1 Å². The summed E-state index contributed by atoms with van der Waals surface area (Å²) in [6, 6.07) is 21.3. The molecule has 0 fully saturated rings. The van der Waals surface area contributed by atoms with Crippen molar-refractivity contribution in [1.82, 2.24) is 24.5 Å². The maximum atomic E-state index is 12.7. The maximum absolute atomic E-state index is 12.7. The number of carbonyl (C=O) groups excluding carboxylic acids is 1. The second-order valence-corrected chi connectivity index (χ2v) is 9.47. The Balaban J connectivity index is 1.27. The summed E-state index contributed by atoms with van der Waals surface area (Å²) in [4.78, 5) is 30.7. The van der Waals surface area contributed by atoms with E-state index in [1.54, 1.807) is 12.4 Å². The molecule has 0 aliphatic heterocycles. The van der Waals surface area contributed by atoms with Crippen LogP contribution in [0.15, 0.2) is 79.1 Å². The van der Waals surface area contributed by atoms with E-state index in [1.807, 2.05) is 72.2 Å². The van der Waals surface area contributed by atoms with Crippen molar-refractivity contribution in [2.24, 2.45) is 0 Å². The zero-order chi connectivity index (χ0) is 24.6. The molecule has 176 valence electrons. The minimum Gasteiger partial charge on any atom is -0.383 e. The van der Waals surface area contributed by atoms with Crippen LogP contribution in [0, 0.1) is 6.92 Å². The highest BCUT2D eigenvalue weighted by molar-refractivity contribution is 7.22. The lowest BCUT2D eigenvalue weighted by atomic mass is 10.1. The van der Waals surface area contributed by atoms with Gasteiger partial charge in [0.25, 0.3) is 0 Å². The number of nitrogen functional groups attached to an aromatic ring is 1. The number of aromatic nitrogens is 5. The quantitative estimate of drug-likeness (QED) is 0.344. The lowest BCUT2D eigenvalue weighted by Crippen LogP contribution is -2.14. The molecular formula is C27H21N7OS. The number of hydrogen-bond donors (Lipinski definition) is 2. The van der Waals surface area contributed by atoms with E-state index in [9.17, 15) is 4.79 Å². The Morgan fingerprint density at radius 2 is 1.78 bits per heavy atom. The van der Waals surface area contributed by atoms with Gasteiger partial charge in [-0.3, -0.25) is 9.36 Å². The van der Waals surface area contributed by atoms with Crippen LogP contribution in [-0.2, 0) is 11.2 Å². The molecule has 6 aromatic rings. The van der Waals surface area contributed by atoms with Crippen molar-refractivity contribution in [2.45, 2.75) is 13.3 Å². The van der Waals surface area contributed by atoms with Crippen LogP contribution in [0.5, 0.6) is 0 Å². The fourth-order valence-corrected chi connectivity index (χ4v) is 5.12. The van der Waals surface area contributed by atoms with Crippen molar-refractivity contribution in [1.29, 1.82) is 0 Å². The first-order valence-corrected chi connectivity index (χ1v) is 12.2. The number of imidazole rings is 1. The third kappa shape index (κ3) is 4.05. The molecule has 0 unspecified atom stereocenters. The van der Waals surface area contributed by atoms with Gasteiger partial charge >= 0.3 is 0 Å². The molecule has 1 amide bonds. The Morgan fingerprint density at radius 3 is 2.61 bits per heavy atom. The number of thiazole rings is 1. The number of carbonyl (C=O) groups is 1. The molecule has 0 saturated carbocycles. The molecule has 0 bridgehead atoms. The third-order valence-corrected chi connectivity index (χ3v) is 6.78. The molecule has 0 radical (unpaired) electrons. The monoisotopic (exact) mass is 491 g/mol. The number of aryl methyl sites for hydroxylation is 1. The van der Waals surface area contributed by atoms with Crippen molar-refractivity contribution < 1.29 is 4.79 Å². The summed E-state index contributed by atoms with van der Waals surface area (Å²) in [7, 11) is 0. The molecule has 4 aromatic heterocycles. The zero-order valence-electron chi connectivity index (χ0n) is 19.3. The van der Waals surface area contributed by atoms with Crippen LogP contribution < -0.4 is 11.1 Å². The highest BCUT2D eigenvalue weighted by atomic mass is 32.1. The van der Waals surface area contributed by atoms with E-state index in [2.05, 4.69) is 26.3 Å². The predicted octanol–water partition coefficient (Wildman–Crippen LogP) is 5.16. The SMILES string of the molecule is Cc1ccc2nc(NC(=O)Cc3ccc(-n4c(-c5cccnc5N)nc5cccnc54)cc3)sc2c1. The topological polar surface area (TPSA) is 112 Å². The molecule has 6 rings (SSSR count). The van der Waals surface area contributed by atoms with Gasteiger partial charge in [0.2, 0.25) is 5.91 Å². The summed E-state index contributed by atoms with van der Waals surface area (Å²) in [5.41, 5.74) is 12.2. The number of amides is 1. The van der Waals surface area contributed by atoms with E-state index in [4.69, 9.17) is 10.7 Å². The van der Waals surface area contributed by atoms with Crippen LogP contribution >= 0.6 is 11.3 Å². The number of pyridine rings is 2. The predicted molar refractivity (Wildman–Crippen MR) is 143 cm³/mol. The average molecular weight is 492 g/mol. The molecule has 3 N–H and O–H groups in total. The Morgan fingerprint density at radius 1 is 0.972 bits per heavy atom. The first-order valence-electron chi connectivity index (χ1n) is 11.4. The maximum Gasteiger partial charge on any atom is 0.230 e. The van der Waals surface area contributed by atoms with Crippen LogP contribution in [0.3, 0.4) is 0 Å². The normalized spacial score (nSPS) is 11.2. The van der Waals surface area contributed by atoms with Crippen LogP contribution in [0.25, 0.3) is 38.5 Å². The number of hydrogen-bond acceptors (Lipinski definition) is 7. The summed E-state index contributed by atoms with van der Waals surface area (Å²) in [5.74, 6) is 0.940. The highest BCUT2D eigenvalue weighted by Crippen LogP contribution is 2.30. The van der Waals surface area contributed by atoms with Crippen molar-refractivity contribution in [3.63, 3.8) is 0 Å². The molecule has 0 spiro atoms. The van der Waals surface area contributed by atoms with E-state index >= 15 is 0 Å². The Labute approximate surface area is 210 Å². The number of rotatable bonds is 5. The number of benzene rings is 2. The summed E-state index contributed by atoms with van der Waals surface area (Å²) >= 11 is 1.48. The lowest BCUT2D eigenvalue weighted by Gasteiger charge is -2.11. The minimum absolute atomic E-state index is 0.114. The molecule has 36 heavy (non-hydrogen) atoms. The molecule has 4 heterocycles. The standard InChI is InChI=1S/C27H21N7OS/c1-16-6-11-20-22(14-16)36-27(32-20)33-23(35)15-17-7-9-18(10-8-17)34-25(19-4-2-12-29-24(19)28)31-21-5-3-13-30-26(21)34/h2-14H,15H2,1H3,(H2,28,29)(H,32,33,35). The first-order chi connectivity index (χ1) is 17.5. The summed E-state index contributed by atoms with van der Waals surface area (Å²) in [6.07, 6.45) is 3.62. The minimum atomic E-state index is -0.114. The van der Waals surface area contributed by atoms with Gasteiger partial charge in [-0.15, -0.1) is 0 Å². The number of nitrogens with two attached hydrogens (primary N) is 1. The second-order valence-electron chi connectivity index (χ2n) is 8.43. The van der Waals surface area contributed by atoms with Gasteiger partial charge in [-0.1, -0.05) is 29.5 Å². The molecular weight excluding hydrogens is 470 g/mol. The molecule has 2 aromatic carbocycles. The highest BCUT2D eigenvalue weighted by Gasteiger charge is 2.17. The average Bonchev–Trinajstić information content (AvgIpc) is 3.45. The van der Waals surface area contributed by atoms with Crippen LogP contribution in [0.4, 0.5) is 10.9 Å². The number of nitrogens with one attached hydrogen (secondary N) is 1. The van der Waals surface area contributed by atoms with E-state index in [0.29, 0.717) is 22.4 Å². The van der Waals surface area contributed by atoms with Crippen molar-refractivity contribution in [3.05, 3.63) is 90.3 Å². The smallest absolute Gasteiger partial charge is 0.230 e. The number of anilines is 2. The van der Waals surface area contributed by atoms with Gasteiger partial charge in [0.1, 0.15) is 11.3 Å². The fourth-order valence-electron chi connectivity index (χ4n) is 4.14. The van der Waals surface area contributed by atoms with Gasteiger partial charge in [0, 0.05) is 18.1 Å². The van der Waals surface area contributed by atoms with Gasteiger partial charge in [0.15, 0.2) is 16.6 Å². The summed E-state index contributed by atoms with van der Waals surface area (Å²) < 4.78 is 3.01. The van der Waals surface area contributed by atoms with E-state index in [0.717, 1.165) is 32.5 Å². The molecule has 8 nitrogen and oxygen atoms in total. The Kier molecular flexibility index (Phi) is 5.38. The van der Waals surface area contributed by atoms with Crippen LogP contribution in [0.2, 0.25) is 0 Å². The van der Waals surface area contributed by atoms with Gasteiger partial charge < -0.3 is 11.1 Å². The van der Waals surface area contributed by atoms with Gasteiger partial charge in [0.05, 0.1) is 22.2 Å². The lowest BCUT2D eigenvalue weighted by molar-refractivity contribution is -0.115. The van der Waals surface area contributed by atoms with Crippen LogP contribution in [-0.4, -0.2) is 30.4 Å². The van der Waals surface area contributed by atoms with E-state index in [1.165, 1.54) is 16.9 Å².